The molecule has 1 N–H and O–H groups in total. The van der Waals surface area contributed by atoms with Gasteiger partial charge in [0.15, 0.2) is 0 Å². The van der Waals surface area contributed by atoms with Gasteiger partial charge in [0.25, 0.3) is 0 Å². The van der Waals surface area contributed by atoms with E-state index in [-0.39, 0.29) is 0 Å². The summed E-state index contributed by atoms with van der Waals surface area (Å²) in [6.45, 7) is 13.0. The van der Waals surface area contributed by atoms with Crippen LogP contribution in [-0.2, 0) is 0 Å². The van der Waals surface area contributed by atoms with Crippen molar-refractivity contribution in [3.05, 3.63) is 57.6 Å². The molecule has 2 aromatic carbocycles. The van der Waals surface area contributed by atoms with Crippen molar-refractivity contribution in [3.8, 4) is 5.75 Å². The molecule has 0 amide bonds. The van der Waals surface area contributed by atoms with Crippen LogP contribution in [0.25, 0.3) is 0 Å². The van der Waals surface area contributed by atoms with Crippen molar-refractivity contribution in [2.45, 2.75) is 33.8 Å². The highest BCUT2D eigenvalue weighted by Gasteiger charge is 2.21. The molecule has 0 aliphatic carbocycles. The summed E-state index contributed by atoms with van der Waals surface area (Å²) in [4.78, 5) is 4.68. The van der Waals surface area contributed by atoms with Gasteiger partial charge in [-0.3, -0.25) is 4.90 Å². The molecule has 0 unspecified atom stereocenters. The zero-order valence-corrected chi connectivity index (χ0v) is 18.1. The maximum atomic E-state index is 10.5. The summed E-state index contributed by atoms with van der Waals surface area (Å²) in [5, 5.41) is 11.2. The van der Waals surface area contributed by atoms with Crippen LogP contribution in [0.3, 0.4) is 0 Å². The predicted molar refractivity (Wildman–Crippen MR) is 117 cm³/mol. The number of rotatable bonds is 6. The monoisotopic (exact) mass is 402 g/mol. The largest absolute Gasteiger partial charge is 0.490 e. The van der Waals surface area contributed by atoms with Gasteiger partial charge < -0.3 is 14.7 Å². The third kappa shape index (κ3) is 5.19. The second-order valence-electron chi connectivity index (χ2n) is 7.91. The van der Waals surface area contributed by atoms with Crippen LogP contribution in [0.5, 0.6) is 5.75 Å². The Bertz CT molecular complexity index is 793. The number of β-amino-alcohol motifs (C(OH)–C–C–N with tert-alkyl or cyclic N) is 1. The number of aliphatic hydroxyl groups excluding tert-OH is 1. The van der Waals surface area contributed by atoms with Crippen molar-refractivity contribution in [2.75, 3.05) is 44.2 Å². The lowest BCUT2D eigenvalue weighted by molar-refractivity contribution is 0.0658. The number of anilines is 1. The molecule has 1 aliphatic heterocycles. The molecule has 0 spiro atoms. The van der Waals surface area contributed by atoms with Gasteiger partial charge in [-0.15, -0.1) is 0 Å². The Morgan fingerprint density at radius 1 is 0.964 bits per heavy atom. The smallest absolute Gasteiger partial charge is 0.125 e. The number of aryl methyl sites for hydroxylation is 4. The third-order valence-electron chi connectivity index (χ3n) is 5.38. The maximum absolute atomic E-state index is 10.5. The first-order chi connectivity index (χ1) is 13.3. The molecule has 1 aliphatic rings. The number of hydrogen-bond acceptors (Lipinski definition) is 4. The van der Waals surface area contributed by atoms with E-state index in [9.17, 15) is 5.11 Å². The predicted octanol–water partition coefficient (Wildman–Crippen LogP) is 4.14. The van der Waals surface area contributed by atoms with Crippen LogP contribution in [0.4, 0.5) is 5.69 Å². The number of benzene rings is 2. The number of nitrogens with zero attached hydrogens (tertiary/aromatic N) is 2. The molecule has 1 heterocycles. The van der Waals surface area contributed by atoms with Crippen LogP contribution in [0, 0.1) is 27.7 Å². The lowest BCUT2D eigenvalue weighted by atomic mass is 10.1. The van der Waals surface area contributed by atoms with Crippen molar-refractivity contribution in [3.63, 3.8) is 0 Å². The quantitative estimate of drug-likeness (QED) is 0.787. The molecular formula is C23H31ClN2O2. The van der Waals surface area contributed by atoms with Crippen molar-refractivity contribution in [2.24, 2.45) is 0 Å². The van der Waals surface area contributed by atoms with E-state index in [1.165, 1.54) is 16.8 Å². The first-order valence-corrected chi connectivity index (χ1v) is 10.3. The van der Waals surface area contributed by atoms with Gasteiger partial charge in [-0.05, 0) is 56.5 Å². The van der Waals surface area contributed by atoms with E-state index >= 15 is 0 Å². The fraction of sp³-hybridized carbons (Fsp3) is 0.478. The van der Waals surface area contributed by atoms with Gasteiger partial charge in [0, 0.05) is 43.4 Å². The molecule has 3 rings (SSSR count). The number of halogens is 1. The van der Waals surface area contributed by atoms with Gasteiger partial charge >= 0.3 is 0 Å². The van der Waals surface area contributed by atoms with E-state index in [1.54, 1.807) is 0 Å². The van der Waals surface area contributed by atoms with Crippen molar-refractivity contribution >= 4 is 17.3 Å². The third-order valence-corrected chi connectivity index (χ3v) is 5.61. The lowest BCUT2D eigenvalue weighted by Crippen LogP contribution is -2.49. The molecule has 1 saturated heterocycles. The van der Waals surface area contributed by atoms with E-state index in [0.29, 0.717) is 13.2 Å². The van der Waals surface area contributed by atoms with E-state index in [2.05, 4.69) is 55.7 Å². The van der Waals surface area contributed by atoms with E-state index in [0.717, 1.165) is 48.1 Å². The van der Waals surface area contributed by atoms with Crippen LogP contribution in [0.1, 0.15) is 22.3 Å². The zero-order chi connectivity index (χ0) is 20.3. The normalized spacial score (nSPS) is 16.3. The Balaban J connectivity index is 1.49. The molecule has 2 aromatic rings. The molecule has 0 bridgehead atoms. The molecule has 1 atom stereocenters. The van der Waals surface area contributed by atoms with Crippen LogP contribution in [-0.4, -0.2) is 55.4 Å². The highest BCUT2D eigenvalue weighted by molar-refractivity contribution is 6.30. The molecule has 1 fully saturated rings. The summed E-state index contributed by atoms with van der Waals surface area (Å²) in [6, 6.07) is 10.3. The van der Waals surface area contributed by atoms with Gasteiger partial charge in [-0.2, -0.15) is 0 Å². The lowest BCUT2D eigenvalue weighted by Gasteiger charge is -2.37. The number of hydrogen-bond donors (Lipinski definition) is 1. The van der Waals surface area contributed by atoms with Crippen LogP contribution in [0.2, 0.25) is 5.02 Å². The van der Waals surface area contributed by atoms with E-state index in [1.807, 2.05) is 12.1 Å². The topological polar surface area (TPSA) is 35.9 Å². The minimum atomic E-state index is -0.500. The first kappa shape index (κ1) is 21.0. The molecular weight excluding hydrogens is 372 g/mol. The molecule has 0 aromatic heterocycles. The molecule has 0 saturated carbocycles. The zero-order valence-electron chi connectivity index (χ0n) is 17.3. The maximum Gasteiger partial charge on any atom is 0.125 e. The van der Waals surface area contributed by atoms with Gasteiger partial charge in [-0.25, -0.2) is 0 Å². The average Bonchev–Trinajstić information content (AvgIpc) is 2.63. The van der Waals surface area contributed by atoms with E-state index in [4.69, 9.17) is 16.3 Å². The Morgan fingerprint density at radius 2 is 1.61 bits per heavy atom. The summed E-state index contributed by atoms with van der Waals surface area (Å²) < 4.78 is 5.94. The second kappa shape index (κ2) is 9.17. The Labute approximate surface area is 173 Å². The van der Waals surface area contributed by atoms with Crippen molar-refractivity contribution in [1.29, 1.82) is 0 Å². The molecule has 0 radical (unpaired) electrons. The summed E-state index contributed by atoms with van der Waals surface area (Å²) >= 11 is 6.17. The Hall–Kier alpha value is -1.75. The fourth-order valence-electron chi connectivity index (χ4n) is 4.02. The van der Waals surface area contributed by atoms with Gasteiger partial charge in [-0.1, -0.05) is 35.4 Å². The molecule has 28 heavy (non-hydrogen) atoms. The molecule has 152 valence electrons. The summed E-state index contributed by atoms with van der Waals surface area (Å²) in [5.74, 6) is 0.894. The summed E-state index contributed by atoms with van der Waals surface area (Å²) in [5.41, 5.74) is 5.93. The first-order valence-electron chi connectivity index (χ1n) is 9.95. The summed E-state index contributed by atoms with van der Waals surface area (Å²) in [6.07, 6.45) is -0.500. The average molecular weight is 403 g/mol. The van der Waals surface area contributed by atoms with Crippen LogP contribution < -0.4 is 9.64 Å². The van der Waals surface area contributed by atoms with Crippen LogP contribution in [0.15, 0.2) is 30.3 Å². The van der Waals surface area contributed by atoms with Gasteiger partial charge in [0.05, 0.1) is 0 Å². The van der Waals surface area contributed by atoms with Crippen LogP contribution >= 0.6 is 11.6 Å². The highest BCUT2D eigenvalue weighted by Crippen LogP contribution is 2.26. The van der Waals surface area contributed by atoms with Gasteiger partial charge in [0.2, 0.25) is 0 Å². The number of piperazine rings is 1. The Kier molecular flexibility index (Phi) is 6.86. The van der Waals surface area contributed by atoms with Crippen molar-refractivity contribution in [1.82, 2.24) is 4.90 Å². The number of ether oxygens (including phenoxy) is 1. The highest BCUT2D eigenvalue weighted by atomic mass is 35.5. The van der Waals surface area contributed by atoms with Crippen molar-refractivity contribution < 1.29 is 9.84 Å². The minimum absolute atomic E-state index is 0.318. The number of aliphatic hydroxyl groups is 1. The summed E-state index contributed by atoms with van der Waals surface area (Å²) in [7, 11) is 0. The van der Waals surface area contributed by atoms with Gasteiger partial charge in [0.1, 0.15) is 18.5 Å². The molecule has 4 nitrogen and oxygen atoms in total. The molecule has 5 heteroatoms. The van der Waals surface area contributed by atoms with E-state index < -0.39 is 6.10 Å². The SMILES string of the molecule is Cc1cc(C)c(OC[C@@H](O)CN2CCN(c3cc(Cl)ccc3C)CC2)c(C)c1. The fourth-order valence-corrected chi connectivity index (χ4v) is 4.19. The standard InChI is InChI=1S/C23H31ClN2O2/c1-16-11-18(3)23(19(4)12-16)28-15-21(27)14-25-7-9-26(10-8-25)22-13-20(24)6-5-17(22)2/h5-6,11-13,21,27H,7-10,14-15H2,1-4H3/t21-/m0/s1. The Morgan fingerprint density at radius 3 is 2.25 bits per heavy atom. The second-order valence-corrected chi connectivity index (χ2v) is 8.35. The minimum Gasteiger partial charge on any atom is -0.490 e.